The maximum absolute atomic E-state index is 11.5. The quantitative estimate of drug-likeness (QED) is 0.289. The van der Waals surface area contributed by atoms with E-state index in [4.69, 9.17) is 0 Å². The number of nitro groups is 1. The molecule has 0 saturated heterocycles. The lowest BCUT2D eigenvalue weighted by atomic mass is 10.2. The molecule has 1 aromatic rings. The molecule has 20 heavy (non-hydrogen) atoms. The smallest absolute Gasteiger partial charge is 0.295 e. The van der Waals surface area contributed by atoms with Gasteiger partial charge in [0.2, 0.25) is 0 Å². The number of carbonyl (C=O) groups excluding carboxylic acids is 1. The van der Waals surface area contributed by atoms with Crippen molar-refractivity contribution in [2.24, 2.45) is 5.10 Å². The summed E-state index contributed by atoms with van der Waals surface area (Å²) in [4.78, 5) is 21.5. The van der Waals surface area contributed by atoms with E-state index in [-0.39, 0.29) is 24.0 Å². The second kappa shape index (κ2) is 7.56. The van der Waals surface area contributed by atoms with Crippen LogP contribution in [0.3, 0.4) is 0 Å². The normalized spacial score (nSPS) is 10.9. The van der Waals surface area contributed by atoms with Crippen molar-refractivity contribution >= 4 is 17.8 Å². The van der Waals surface area contributed by atoms with Crippen molar-refractivity contribution in [2.75, 3.05) is 27.7 Å². The van der Waals surface area contributed by atoms with Gasteiger partial charge >= 0.3 is 0 Å². The molecular formula is C12H17ClN4O3. The molecule has 110 valence electrons. The van der Waals surface area contributed by atoms with E-state index in [1.54, 1.807) is 12.1 Å². The van der Waals surface area contributed by atoms with Crippen LogP contribution in [0, 0.1) is 10.1 Å². The molecule has 0 spiro atoms. The average molecular weight is 301 g/mol. The molecule has 0 aliphatic carbocycles. The Morgan fingerprint density at radius 2 is 1.90 bits per heavy atom. The Morgan fingerprint density at radius 3 is 2.35 bits per heavy atom. The number of nitrogens with zero attached hydrogens (tertiary/aromatic N) is 3. The fourth-order valence-corrected chi connectivity index (χ4v) is 1.33. The van der Waals surface area contributed by atoms with Crippen molar-refractivity contribution in [1.29, 1.82) is 0 Å². The number of likely N-dealkylation sites (N-methyl/N-ethyl adjacent to an activating group) is 1. The van der Waals surface area contributed by atoms with Gasteiger partial charge in [-0.1, -0.05) is 0 Å². The maximum Gasteiger partial charge on any atom is 0.295 e. The average Bonchev–Trinajstić information content (AvgIpc) is 2.27. The molecule has 0 bridgehead atoms. The van der Waals surface area contributed by atoms with Crippen molar-refractivity contribution in [3.05, 3.63) is 39.9 Å². The van der Waals surface area contributed by atoms with Gasteiger partial charge in [-0.25, -0.2) is 5.43 Å². The number of hydrogen-bond donors (Lipinski definition) is 1. The summed E-state index contributed by atoms with van der Waals surface area (Å²) < 4.78 is 0.513. The molecule has 0 unspecified atom stereocenters. The van der Waals surface area contributed by atoms with Crippen LogP contribution in [0.15, 0.2) is 29.4 Å². The molecule has 0 radical (unpaired) electrons. The van der Waals surface area contributed by atoms with Crippen LogP contribution in [0.2, 0.25) is 0 Å². The molecule has 0 saturated carbocycles. The summed E-state index contributed by atoms with van der Waals surface area (Å²) in [5.41, 5.74) is 3.10. The van der Waals surface area contributed by atoms with Crippen molar-refractivity contribution in [3.8, 4) is 0 Å². The second-order valence-corrected chi connectivity index (χ2v) is 5.09. The summed E-state index contributed by atoms with van der Waals surface area (Å²) in [6.07, 6.45) is 1.44. The highest BCUT2D eigenvalue weighted by Crippen LogP contribution is 2.10. The highest BCUT2D eigenvalue weighted by atomic mass is 35.5. The van der Waals surface area contributed by atoms with E-state index in [0.29, 0.717) is 16.6 Å². The monoisotopic (exact) mass is 300 g/mol. The number of quaternary nitrogens is 1. The van der Waals surface area contributed by atoms with Gasteiger partial charge in [0.25, 0.3) is 11.6 Å². The zero-order valence-corrected chi connectivity index (χ0v) is 12.3. The molecule has 0 fully saturated rings. The van der Waals surface area contributed by atoms with E-state index < -0.39 is 4.92 Å². The van der Waals surface area contributed by atoms with Gasteiger partial charge in [-0.3, -0.25) is 14.9 Å². The lowest BCUT2D eigenvalue weighted by Crippen LogP contribution is -3.00. The number of halogens is 1. The van der Waals surface area contributed by atoms with E-state index in [1.165, 1.54) is 18.3 Å². The molecule has 0 heterocycles. The summed E-state index contributed by atoms with van der Waals surface area (Å²) >= 11 is 0. The first-order chi connectivity index (χ1) is 8.78. The molecule has 7 nitrogen and oxygen atoms in total. The standard InChI is InChI=1S/C12H16N4O3.ClH/c1-16(2,3)9-12(17)14-13-8-10-4-6-11(7-5-10)15(18)19;/h4-8H,9H2,1-3H3;1H/b13-8-;. The summed E-state index contributed by atoms with van der Waals surface area (Å²) in [6, 6.07) is 5.89. The Bertz CT molecular complexity index is 494. The molecule has 0 aromatic heterocycles. The fourth-order valence-electron chi connectivity index (χ4n) is 1.33. The molecule has 1 N–H and O–H groups in total. The van der Waals surface area contributed by atoms with E-state index in [9.17, 15) is 14.9 Å². The van der Waals surface area contributed by atoms with Crippen LogP contribution in [0.5, 0.6) is 0 Å². The van der Waals surface area contributed by atoms with Crippen LogP contribution in [0.1, 0.15) is 5.56 Å². The second-order valence-electron chi connectivity index (χ2n) is 5.09. The number of nitro benzene ring substituents is 1. The van der Waals surface area contributed by atoms with Gasteiger partial charge < -0.3 is 16.9 Å². The van der Waals surface area contributed by atoms with Crippen LogP contribution in [-0.2, 0) is 4.79 Å². The van der Waals surface area contributed by atoms with Crippen LogP contribution in [0.25, 0.3) is 0 Å². The van der Waals surface area contributed by atoms with Crippen LogP contribution < -0.4 is 17.8 Å². The van der Waals surface area contributed by atoms with Gasteiger partial charge in [-0.2, -0.15) is 5.10 Å². The third kappa shape index (κ3) is 6.81. The van der Waals surface area contributed by atoms with Crippen molar-refractivity contribution < 1.29 is 26.6 Å². The van der Waals surface area contributed by atoms with Gasteiger partial charge in [0.15, 0.2) is 6.54 Å². The Labute approximate surface area is 123 Å². The Kier molecular flexibility index (Phi) is 6.81. The van der Waals surface area contributed by atoms with E-state index in [2.05, 4.69) is 10.5 Å². The first kappa shape index (κ1) is 18.0. The predicted molar refractivity (Wildman–Crippen MR) is 71.7 cm³/mol. The maximum atomic E-state index is 11.5. The highest BCUT2D eigenvalue weighted by molar-refractivity contribution is 5.82. The SMILES string of the molecule is C[N+](C)(C)CC(=O)N/N=C\c1ccc([N+](=O)[O-])cc1.[Cl-]. The lowest BCUT2D eigenvalue weighted by molar-refractivity contribution is -0.862. The molecule has 1 rings (SSSR count). The van der Waals surface area contributed by atoms with Crippen LogP contribution in [0.4, 0.5) is 5.69 Å². The Balaban J connectivity index is 0.00000361. The molecule has 8 heteroatoms. The molecule has 1 amide bonds. The van der Waals surface area contributed by atoms with Gasteiger partial charge in [-0.05, 0) is 17.7 Å². The summed E-state index contributed by atoms with van der Waals surface area (Å²) in [5, 5.41) is 14.3. The highest BCUT2D eigenvalue weighted by Gasteiger charge is 2.13. The minimum absolute atomic E-state index is 0. The van der Waals surface area contributed by atoms with Crippen LogP contribution >= 0.6 is 0 Å². The first-order valence-electron chi connectivity index (χ1n) is 5.65. The van der Waals surface area contributed by atoms with Crippen molar-refractivity contribution in [3.63, 3.8) is 0 Å². The number of benzene rings is 1. The Morgan fingerprint density at radius 1 is 1.35 bits per heavy atom. The topological polar surface area (TPSA) is 84.6 Å². The largest absolute Gasteiger partial charge is 1.00 e. The molecule has 0 aliphatic heterocycles. The molecule has 0 atom stereocenters. The fraction of sp³-hybridized carbons (Fsp3) is 0.333. The number of carbonyl (C=O) groups is 1. The van der Waals surface area contributed by atoms with Crippen LogP contribution in [-0.4, -0.2) is 49.2 Å². The van der Waals surface area contributed by atoms with Crippen molar-refractivity contribution in [1.82, 2.24) is 5.43 Å². The van der Waals surface area contributed by atoms with E-state index in [0.717, 1.165) is 0 Å². The number of hydrazone groups is 1. The lowest BCUT2D eigenvalue weighted by Gasteiger charge is -2.21. The van der Waals surface area contributed by atoms with Crippen molar-refractivity contribution in [2.45, 2.75) is 0 Å². The molecule has 1 aromatic carbocycles. The third-order valence-electron chi connectivity index (χ3n) is 2.12. The first-order valence-corrected chi connectivity index (χ1v) is 5.65. The zero-order chi connectivity index (χ0) is 14.5. The predicted octanol–water partition coefficient (Wildman–Crippen LogP) is -2.24. The summed E-state index contributed by atoms with van der Waals surface area (Å²) in [5.74, 6) is -0.189. The number of amides is 1. The number of nitrogens with one attached hydrogen (secondary N) is 1. The number of hydrogen-bond acceptors (Lipinski definition) is 4. The van der Waals surface area contributed by atoms with E-state index >= 15 is 0 Å². The summed E-state index contributed by atoms with van der Waals surface area (Å²) in [7, 11) is 5.71. The van der Waals surface area contributed by atoms with Gasteiger partial charge in [0, 0.05) is 12.1 Å². The number of non-ortho nitro benzene ring substituents is 1. The zero-order valence-electron chi connectivity index (χ0n) is 11.5. The summed E-state index contributed by atoms with van der Waals surface area (Å²) in [6.45, 7) is 0.317. The molecule has 0 aliphatic rings. The van der Waals surface area contributed by atoms with E-state index in [1.807, 2.05) is 21.1 Å². The van der Waals surface area contributed by atoms with Gasteiger partial charge in [0.05, 0.1) is 32.3 Å². The minimum atomic E-state index is -0.468. The third-order valence-corrected chi connectivity index (χ3v) is 2.12. The number of rotatable bonds is 5. The minimum Gasteiger partial charge on any atom is -1.00 e. The van der Waals surface area contributed by atoms with Gasteiger partial charge in [0.1, 0.15) is 0 Å². The Hall–Kier alpha value is -1.99. The molecular weight excluding hydrogens is 284 g/mol. The van der Waals surface area contributed by atoms with Gasteiger partial charge in [-0.15, -0.1) is 0 Å².